The smallest absolute Gasteiger partial charge is 0.416 e. The molecule has 0 fully saturated rings. The van der Waals surface area contributed by atoms with Gasteiger partial charge in [-0.15, -0.1) is 0 Å². The zero-order chi connectivity index (χ0) is 17.9. The maximum atomic E-state index is 12.8. The number of alkyl halides is 3. The molecule has 8 heteroatoms. The van der Waals surface area contributed by atoms with Gasteiger partial charge in [-0.25, -0.2) is 4.79 Å². The van der Waals surface area contributed by atoms with Crippen LogP contribution in [0.1, 0.15) is 11.1 Å². The Morgan fingerprint density at radius 1 is 1.12 bits per heavy atom. The van der Waals surface area contributed by atoms with Crippen molar-refractivity contribution in [2.75, 3.05) is 17.7 Å². The van der Waals surface area contributed by atoms with Crippen LogP contribution in [0.3, 0.4) is 0 Å². The molecule has 2 N–H and O–H groups in total. The van der Waals surface area contributed by atoms with E-state index in [1.54, 1.807) is 25.1 Å². The van der Waals surface area contributed by atoms with Gasteiger partial charge >= 0.3 is 12.2 Å². The summed E-state index contributed by atoms with van der Waals surface area (Å²) in [7, 11) is 1.30. The topological polar surface area (TPSA) is 50.4 Å². The number of rotatable bonds is 3. The van der Waals surface area contributed by atoms with Crippen LogP contribution in [0.25, 0.3) is 0 Å². The van der Waals surface area contributed by atoms with Gasteiger partial charge in [0.1, 0.15) is 5.75 Å². The van der Waals surface area contributed by atoms with E-state index >= 15 is 0 Å². The molecule has 0 saturated heterocycles. The van der Waals surface area contributed by atoms with E-state index in [9.17, 15) is 18.0 Å². The molecular formula is C16H14ClF3N2O2. The van der Waals surface area contributed by atoms with Crippen LogP contribution >= 0.6 is 11.6 Å². The van der Waals surface area contributed by atoms with E-state index in [1.807, 2.05) is 0 Å². The highest BCUT2D eigenvalue weighted by Gasteiger charge is 2.31. The van der Waals surface area contributed by atoms with Gasteiger partial charge < -0.3 is 15.4 Å². The number of nitrogens with one attached hydrogen (secondary N) is 2. The number of urea groups is 1. The first-order valence-electron chi connectivity index (χ1n) is 6.80. The van der Waals surface area contributed by atoms with Crippen LogP contribution in [0.2, 0.25) is 5.02 Å². The number of anilines is 2. The van der Waals surface area contributed by atoms with Crippen LogP contribution in [0.4, 0.5) is 29.3 Å². The van der Waals surface area contributed by atoms with Crippen LogP contribution in [0, 0.1) is 6.92 Å². The second-order valence-electron chi connectivity index (χ2n) is 4.96. The predicted octanol–water partition coefficient (Wildman–Crippen LogP) is 5.32. The minimum atomic E-state index is -4.52. The Bertz CT molecular complexity index is 763. The number of amides is 2. The van der Waals surface area contributed by atoms with Crippen molar-refractivity contribution in [2.24, 2.45) is 0 Å². The largest absolute Gasteiger partial charge is 0.495 e. The molecule has 0 saturated carbocycles. The Balaban J connectivity index is 2.19. The lowest BCUT2D eigenvalue weighted by atomic mass is 10.2. The summed E-state index contributed by atoms with van der Waals surface area (Å²) in [5, 5.41) is 5.30. The lowest BCUT2D eigenvalue weighted by molar-refractivity contribution is -0.137. The van der Waals surface area contributed by atoms with Gasteiger partial charge in [-0.05, 0) is 42.8 Å². The molecule has 0 aliphatic rings. The average Bonchev–Trinajstić information content (AvgIpc) is 2.50. The number of carbonyl (C=O) groups is 1. The molecular weight excluding hydrogens is 345 g/mol. The number of hydrogen-bond acceptors (Lipinski definition) is 2. The standard InChI is InChI=1S/C16H14ClF3N2O2/c1-9-3-5-11(8-12(9)17)21-15(23)22-13-7-10(16(18,19)20)4-6-14(13)24-2/h3-8H,1-2H3,(H2,21,22,23). The molecule has 0 radical (unpaired) electrons. The molecule has 0 heterocycles. The second kappa shape index (κ2) is 7.00. The predicted molar refractivity (Wildman–Crippen MR) is 86.8 cm³/mol. The van der Waals surface area contributed by atoms with Gasteiger partial charge in [0.2, 0.25) is 0 Å². The quantitative estimate of drug-likeness (QED) is 0.780. The third-order valence-corrected chi connectivity index (χ3v) is 3.61. The van der Waals surface area contributed by atoms with Crippen LogP contribution in [0.5, 0.6) is 5.75 Å². The Labute approximate surface area is 141 Å². The van der Waals surface area contributed by atoms with E-state index in [4.69, 9.17) is 16.3 Å². The number of hydrogen-bond donors (Lipinski definition) is 2. The molecule has 0 aromatic heterocycles. The van der Waals surface area contributed by atoms with Crippen LogP contribution in [-0.4, -0.2) is 13.1 Å². The third-order valence-electron chi connectivity index (χ3n) is 3.20. The highest BCUT2D eigenvalue weighted by atomic mass is 35.5. The minimum absolute atomic E-state index is 0.0944. The van der Waals surface area contributed by atoms with Gasteiger partial charge in [0.15, 0.2) is 0 Å². The van der Waals surface area contributed by atoms with Crippen molar-refractivity contribution < 1.29 is 22.7 Å². The molecule has 0 aliphatic carbocycles. The molecule has 0 spiro atoms. The molecule has 0 aliphatic heterocycles. The van der Waals surface area contributed by atoms with Crippen LogP contribution < -0.4 is 15.4 Å². The summed E-state index contributed by atoms with van der Waals surface area (Å²) in [6, 6.07) is 6.99. The number of carbonyl (C=O) groups excluding carboxylic acids is 1. The number of ether oxygens (including phenoxy) is 1. The minimum Gasteiger partial charge on any atom is -0.495 e. The number of methoxy groups -OCH3 is 1. The summed E-state index contributed by atoms with van der Waals surface area (Å²) >= 11 is 5.96. The molecule has 128 valence electrons. The van der Waals surface area contributed by atoms with Gasteiger partial charge in [0, 0.05) is 10.7 Å². The molecule has 24 heavy (non-hydrogen) atoms. The van der Waals surface area contributed by atoms with E-state index in [-0.39, 0.29) is 11.4 Å². The average molecular weight is 359 g/mol. The molecule has 2 aromatic carbocycles. The second-order valence-corrected chi connectivity index (χ2v) is 5.36. The Hall–Kier alpha value is -2.41. The fourth-order valence-electron chi connectivity index (χ4n) is 1.94. The summed E-state index contributed by atoms with van der Waals surface area (Å²) in [4.78, 5) is 12.0. The third kappa shape index (κ3) is 4.32. The van der Waals surface area contributed by atoms with E-state index < -0.39 is 17.8 Å². The van der Waals surface area contributed by atoms with Crippen molar-refractivity contribution >= 4 is 29.0 Å². The summed E-state index contributed by atoms with van der Waals surface area (Å²) in [5.74, 6) is 0.111. The summed E-state index contributed by atoms with van der Waals surface area (Å²) < 4.78 is 43.3. The molecule has 2 aromatic rings. The first-order valence-corrected chi connectivity index (χ1v) is 7.18. The van der Waals surface area contributed by atoms with Crippen molar-refractivity contribution in [2.45, 2.75) is 13.1 Å². The first kappa shape index (κ1) is 17.9. The van der Waals surface area contributed by atoms with Crippen LogP contribution in [0.15, 0.2) is 36.4 Å². The molecule has 0 bridgehead atoms. The lowest BCUT2D eigenvalue weighted by Crippen LogP contribution is -2.20. The van der Waals surface area contributed by atoms with Crippen molar-refractivity contribution in [3.8, 4) is 5.75 Å². The SMILES string of the molecule is COc1ccc(C(F)(F)F)cc1NC(=O)Nc1ccc(C)c(Cl)c1. The maximum absolute atomic E-state index is 12.8. The van der Waals surface area contributed by atoms with E-state index in [1.165, 1.54) is 7.11 Å². The molecule has 2 rings (SSSR count). The van der Waals surface area contributed by atoms with Gasteiger partial charge in [-0.1, -0.05) is 17.7 Å². The maximum Gasteiger partial charge on any atom is 0.416 e. The van der Waals surface area contributed by atoms with Gasteiger partial charge in [-0.2, -0.15) is 13.2 Å². The van der Waals surface area contributed by atoms with Crippen molar-refractivity contribution in [1.82, 2.24) is 0 Å². The Morgan fingerprint density at radius 2 is 1.83 bits per heavy atom. The van der Waals surface area contributed by atoms with Crippen molar-refractivity contribution in [3.63, 3.8) is 0 Å². The zero-order valence-corrected chi connectivity index (χ0v) is 13.5. The summed E-state index contributed by atoms with van der Waals surface area (Å²) in [5.41, 5.74) is 0.260. The molecule has 0 unspecified atom stereocenters. The number of halogens is 4. The van der Waals surface area contributed by atoms with E-state index in [0.29, 0.717) is 10.7 Å². The first-order chi connectivity index (χ1) is 11.2. The monoisotopic (exact) mass is 358 g/mol. The fraction of sp³-hybridized carbons (Fsp3) is 0.188. The van der Waals surface area contributed by atoms with Crippen molar-refractivity contribution in [3.05, 3.63) is 52.5 Å². The van der Waals surface area contributed by atoms with Gasteiger partial charge in [0.25, 0.3) is 0 Å². The lowest BCUT2D eigenvalue weighted by Gasteiger charge is -2.14. The summed E-state index contributed by atoms with van der Waals surface area (Å²) in [6.45, 7) is 1.81. The molecule has 0 atom stereocenters. The normalized spacial score (nSPS) is 11.1. The molecule has 2 amide bonds. The Kier molecular flexibility index (Phi) is 5.23. The van der Waals surface area contributed by atoms with Crippen molar-refractivity contribution in [1.29, 1.82) is 0 Å². The van der Waals surface area contributed by atoms with E-state index in [2.05, 4.69) is 10.6 Å². The zero-order valence-electron chi connectivity index (χ0n) is 12.8. The number of benzene rings is 2. The number of aryl methyl sites for hydroxylation is 1. The highest BCUT2D eigenvalue weighted by molar-refractivity contribution is 6.31. The van der Waals surface area contributed by atoms with Gasteiger partial charge in [-0.3, -0.25) is 0 Å². The highest BCUT2D eigenvalue weighted by Crippen LogP contribution is 2.35. The van der Waals surface area contributed by atoms with E-state index in [0.717, 1.165) is 23.8 Å². The Morgan fingerprint density at radius 3 is 2.42 bits per heavy atom. The summed E-state index contributed by atoms with van der Waals surface area (Å²) in [6.07, 6.45) is -4.52. The van der Waals surface area contributed by atoms with Gasteiger partial charge in [0.05, 0.1) is 18.4 Å². The fourth-order valence-corrected chi connectivity index (χ4v) is 2.12. The van der Waals surface area contributed by atoms with Crippen LogP contribution in [-0.2, 0) is 6.18 Å². The molecule has 4 nitrogen and oxygen atoms in total.